The number of nitrogens with one attached hydrogen (secondary N) is 1. The van der Waals surface area contributed by atoms with E-state index < -0.39 is 0 Å². The van der Waals surface area contributed by atoms with Gasteiger partial charge in [-0.25, -0.2) is 9.97 Å². The fourth-order valence-electron chi connectivity index (χ4n) is 2.61. The van der Waals surface area contributed by atoms with Crippen LogP contribution in [0.15, 0.2) is 23.7 Å². The highest BCUT2D eigenvalue weighted by Gasteiger charge is 2.13. The minimum Gasteiger partial charge on any atom is -0.357 e. The first kappa shape index (κ1) is 15.0. The molecule has 0 atom stereocenters. The molecule has 116 valence electrons. The maximum Gasteiger partial charge on any atom is 0.271 e. The zero-order chi connectivity index (χ0) is 15.4. The van der Waals surface area contributed by atoms with Gasteiger partial charge in [-0.3, -0.25) is 4.79 Å². The average molecular weight is 316 g/mol. The van der Waals surface area contributed by atoms with Crippen LogP contribution < -0.4 is 10.2 Å². The zero-order valence-electron chi connectivity index (χ0n) is 12.7. The molecule has 6 heteroatoms. The van der Waals surface area contributed by atoms with Gasteiger partial charge in [0.25, 0.3) is 5.91 Å². The first-order valence-corrected chi connectivity index (χ1v) is 8.50. The average Bonchev–Trinajstić information content (AvgIpc) is 3.00. The lowest BCUT2D eigenvalue weighted by molar-refractivity contribution is 0.0946. The van der Waals surface area contributed by atoms with Crippen LogP contribution >= 0.6 is 11.3 Å². The first-order valence-electron chi connectivity index (χ1n) is 7.62. The van der Waals surface area contributed by atoms with Crippen molar-refractivity contribution in [1.29, 1.82) is 0 Å². The first-order chi connectivity index (χ1) is 10.7. The minimum absolute atomic E-state index is 0.124. The summed E-state index contributed by atoms with van der Waals surface area (Å²) in [5, 5.41) is 5.61. The van der Waals surface area contributed by atoms with Crippen molar-refractivity contribution in [3.63, 3.8) is 0 Å². The van der Waals surface area contributed by atoms with Crippen molar-refractivity contribution in [2.75, 3.05) is 18.0 Å². The second-order valence-electron chi connectivity index (χ2n) is 5.50. The quantitative estimate of drug-likeness (QED) is 0.942. The molecule has 1 fully saturated rings. The number of carbonyl (C=O) groups is 1. The van der Waals surface area contributed by atoms with Gasteiger partial charge >= 0.3 is 0 Å². The molecule has 0 spiro atoms. The fourth-order valence-corrected chi connectivity index (χ4v) is 3.20. The third-order valence-electron chi connectivity index (χ3n) is 3.79. The van der Waals surface area contributed by atoms with E-state index in [2.05, 4.69) is 26.3 Å². The predicted octanol–water partition coefficient (Wildman–Crippen LogP) is 2.77. The van der Waals surface area contributed by atoms with Crippen LogP contribution in [0, 0.1) is 6.92 Å². The summed E-state index contributed by atoms with van der Waals surface area (Å²) in [6.07, 6.45) is 5.58. The summed E-state index contributed by atoms with van der Waals surface area (Å²) in [4.78, 5) is 23.0. The van der Waals surface area contributed by atoms with Gasteiger partial charge in [0.15, 0.2) is 0 Å². The van der Waals surface area contributed by atoms with Crippen LogP contribution in [-0.2, 0) is 6.54 Å². The minimum atomic E-state index is -0.124. The number of nitrogens with zero attached hydrogens (tertiary/aromatic N) is 3. The summed E-state index contributed by atoms with van der Waals surface area (Å²) in [6.45, 7) is 4.54. The van der Waals surface area contributed by atoms with Crippen molar-refractivity contribution in [2.45, 2.75) is 32.7 Å². The monoisotopic (exact) mass is 316 g/mol. The SMILES string of the molecule is Cc1nc(C(=O)NCc2ccnc(N3CCCCC3)c2)cs1. The molecular formula is C16H20N4OS. The summed E-state index contributed by atoms with van der Waals surface area (Å²) in [5.41, 5.74) is 1.56. The third-order valence-corrected chi connectivity index (χ3v) is 4.57. The van der Waals surface area contributed by atoms with Gasteiger partial charge in [-0.1, -0.05) is 0 Å². The van der Waals surface area contributed by atoms with Crippen LogP contribution in [0.1, 0.15) is 40.3 Å². The normalized spacial score (nSPS) is 14.9. The molecule has 1 aliphatic heterocycles. The highest BCUT2D eigenvalue weighted by Crippen LogP contribution is 2.18. The summed E-state index contributed by atoms with van der Waals surface area (Å²) >= 11 is 1.49. The highest BCUT2D eigenvalue weighted by molar-refractivity contribution is 7.09. The lowest BCUT2D eigenvalue weighted by atomic mass is 10.1. The molecule has 1 aliphatic rings. The van der Waals surface area contributed by atoms with E-state index >= 15 is 0 Å². The van der Waals surface area contributed by atoms with E-state index in [0.29, 0.717) is 12.2 Å². The maximum absolute atomic E-state index is 12.0. The third kappa shape index (κ3) is 3.62. The Kier molecular flexibility index (Phi) is 4.68. The van der Waals surface area contributed by atoms with Crippen molar-refractivity contribution in [3.8, 4) is 0 Å². The summed E-state index contributed by atoms with van der Waals surface area (Å²) in [5.74, 6) is 0.886. The molecule has 0 saturated carbocycles. The number of hydrogen-bond acceptors (Lipinski definition) is 5. The molecule has 3 heterocycles. The van der Waals surface area contributed by atoms with Crippen molar-refractivity contribution >= 4 is 23.1 Å². The Morgan fingerprint density at radius 2 is 2.18 bits per heavy atom. The predicted molar refractivity (Wildman–Crippen MR) is 88.3 cm³/mol. The van der Waals surface area contributed by atoms with Gasteiger partial charge in [0, 0.05) is 31.2 Å². The lowest BCUT2D eigenvalue weighted by Crippen LogP contribution is -2.30. The van der Waals surface area contributed by atoms with Crippen LogP contribution in [0.4, 0.5) is 5.82 Å². The van der Waals surface area contributed by atoms with E-state index in [1.54, 1.807) is 5.38 Å². The van der Waals surface area contributed by atoms with Crippen molar-refractivity contribution in [2.24, 2.45) is 0 Å². The van der Waals surface area contributed by atoms with Crippen molar-refractivity contribution < 1.29 is 4.79 Å². The Morgan fingerprint density at radius 1 is 1.36 bits per heavy atom. The van der Waals surface area contributed by atoms with Crippen LogP contribution in [0.3, 0.4) is 0 Å². The molecule has 1 saturated heterocycles. The van der Waals surface area contributed by atoms with Crippen molar-refractivity contribution in [1.82, 2.24) is 15.3 Å². The van der Waals surface area contributed by atoms with Crippen LogP contribution in [0.2, 0.25) is 0 Å². The number of anilines is 1. The van der Waals surface area contributed by atoms with Crippen LogP contribution in [-0.4, -0.2) is 29.0 Å². The number of aromatic nitrogens is 2. The topological polar surface area (TPSA) is 58.1 Å². The number of piperidine rings is 1. The van der Waals surface area contributed by atoms with E-state index in [1.165, 1.54) is 30.6 Å². The number of amides is 1. The number of thiazole rings is 1. The molecule has 3 rings (SSSR count). The number of aryl methyl sites for hydroxylation is 1. The zero-order valence-corrected chi connectivity index (χ0v) is 13.5. The second-order valence-corrected chi connectivity index (χ2v) is 6.57. The molecule has 0 aromatic carbocycles. The van der Waals surface area contributed by atoms with E-state index in [4.69, 9.17) is 0 Å². The number of carbonyl (C=O) groups excluding carboxylic acids is 1. The fraction of sp³-hybridized carbons (Fsp3) is 0.438. The molecule has 5 nitrogen and oxygen atoms in total. The van der Waals surface area contributed by atoms with Gasteiger partial charge in [0.05, 0.1) is 5.01 Å². The molecule has 0 aliphatic carbocycles. The van der Waals surface area contributed by atoms with Crippen molar-refractivity contribution in [3.05, 3.63) is 40.0 Å². The summed E-state index contributed by atoms with van der Waals surface area (Å²) in [6, 6.07) is 4.01. The van der Waals surface area contributed by atoms with Gasteiger partial charge in [0.2, 0.25) is 0 Å². The van der Waals surface area contributed by atoms with E-state index in [1.807, 2.05) is 19.2 Å². The van der Waals surface area contributed by atoms with Gasteiger partial charge in [-0.2, -0.15) is 0 Å². The van der Waals surface area contributed by atoms with Crippen LogP contribution in [0.25, 0.3) is 0 Å². The molecule has 1 amide bonds. The van der Waals surface area contributed by atoms with E-state index in [9.17, 15) is 4.79 Å². The van der Waals surface area contributed by atoms with Gasteiger partial charge in [0.1, 0.15) is 11.5 Å². The number of rotatable bonds is 4. The molecule has 22 heavy (non-hydrogen) atoms. The molecule has 1 N–H and O–H groups in total. The Morgan fingerprint density at radius 3 is 2.91 bits per heavy atom. The number of hydrogen-bond donors (Lipinski definition) is 1. The smallest absolute Gasteiger partial charge is 0.271 e. The van der Waals surface area contributed by atoms with Gasteiger partial charge in [-0.15, -0.1) is 11.3 Å². The van der Waals surface area contributed by atoms with Crippen LogP contribution in [0.5, 0.6) is 0 Å². The molecule has 0 radical (unpaired) electrons. The molecular weight excluding hydrogens is 296 g/mol. The maximum atomic E-state index is 12.0. The Hall–Kier alpha value is -1.95. The Balaban J connectivity index is 1.61. The summed E-state index contributed by atoms with van der Waals surface area (Å²) in [7, 11) is 0. The molecule has 2 aromatic rings. The lowest BCUT2D eigenvalue weighted by Gasteiger charge is -2.27. The standard InChI is InChI=1S/C16H20N4OS/c1-12-19-14(11-22-12)16(21)18-10-13-5-6-17-15(9-13)20-7-3-2-4-8-20/h5-6,9,11H,2-4,7-8,10H2,1H3,(H,18,21). The summed E-state index contributed by atoms with van der Waals surface area (Å²) < 4.78 is 0. The Bertz CT molecular complexity index is 649. The molecule has 0 unspecified atom stereocenters. The van der Waals surface area contributed by atoms with E-state index in [-0.39, 0.29) is 5.91 Å². The van der Waals surface area contributed by atoms with E-state index in [0.717, 1.165) is 29.5 Å². The van der Waals surface area contributed by atoms with Gasteiger partial charge < -0.3 is 10.2 Å². The Labute approximate surface area is 134 Å². The number of pyridine rings is 1. The molecule has 2 aromatic heterocycles. The second kappa shape index (κ2) is 6.87. The molecule has 0 bridgehead atoms. The largest absolute Gasteiger partial charge is 0.357 e. The highest BCUT2D eigenvalue weighted by atomic mass is 32.1. The van der Waals surface area contributed by atoms with Gasteiger partial charge in [-0.05, 0) is 43.9 Å².